The number of benzene rings is 1. The van der Waals surface area contributed by atoms with Gasteiger partial charge in [-0.15, -0.1) is 0 Å². The molecule has 1 N–H and O–H groups in total. The zero-order valence-corrected chi connectivity index (χ0v) is 16.8. The first-order valence-corrected chi connectivity index (χ1v) is 9.02. The van der Waals surface area contributed by atoms with Gasteiger partial charge >= 0.3 is 5.97 Å². The van der Waals surface area contributed by atoms with Gasteiger partial charge in [-0.25, -0.2) is 9.78 Å². The molecule has 0 atom stereocenters. The van der Waals surface area contributed by atoms with E-state index in [-0.39, 0.29) is 5.56 Å². The van der Waals surface area contributed by atoms with Crippen LogP contribution in [-0.2, 0) is 17.8 Å². The lowest BCUT2D eigenvalue weighted by Crippen LogP contribution is -2.26. The molecular formula is C20H23N3O6. The number of carbonyl (C=O) groups excluding carboxylic acids is 1. The van der Waals surface area contributed by atoms with Crippen molar-refractivity contribution in [3.63, 3.8) is 0 Å². The van der Waals surface area contributed by atoms with Gasteiger partial charge in [-0.05, 0) is 18.7 Å². The maximum atomic E-state index is 12.5. The molecule has 0 unspecified atom stereocenters. The molecule has 0 radical (unpaired) electrons. The minimum atomic E-state index is -0.455. The van der Waals surface area contributed by atoms with E-state index in [1.165, 1.54) is 27.6 Å². The smallest absolute Gasteiger partial charge is 0.341 e. The number of methoxy groups -OCH3 is 3. The number of carbonyl (C=O) groups is 1. The van der Waals surface area contributed by atoms with Gasteiger partial charge in [0, 0.05) is 6.07 Å². The quantitative estimate of drug-likeness (QED) is 0.573. The number of H-pyrrole nitrogens is 1. The van der Waals surface area contributed by atoms with E-state index in [1.54, 1.807) is 18.2 Å². The van der Waals surface area contributed by atoms with Crippen LogP contribution in [0.5, 0.6) is 11.5 Å². The normalized spacial score (nSPS) is 11.1. The lowest BCUT2D eigenvalue weighted by Gasteiger charge is -2.19. The van der Waals surface area contributed by atoms with Gasteiger partial charge < -0.3 is 23.6 Å². The van der Waals surface area contributed by atoms with Crippen molar-refractivity contribution in [2.75, 3.05) is 27.9 Å². The van der Waals surface area contributed by atoms with Crippen molar-refractivity contribution in [3.05, 3.63) is 52.0 Å². The fourth-order valence-corrected chi connectivity index (χ4v) is 3.04. The Morgan fingerprint density at radius 1 is 1.17 bits per heavy atom. The predicted octanol–water partition coefficient (Wildman–Crippen LogP) is 2.34. The van der Waals surface area contributed by atoms with Crippen molar-refractivity contribution in [2.24, 2.45) is 0 Å². The Hall–Kier alpha value is -3.33. The SMILES string of the molecule is CCN(Cc1nc2cc(OC)c(OC)cc2c(=O)[nH]1)Cc1occc1C(=O)OC. The van der Waals surface area contributed by atoms with Crippen LogP contribution in [0.4, 0.5) is 0 Å². The summed E-state index contributed by atoms with van der Waals surface area (Å²) >= 11 is 0. The van der Waals surface area contributed by atoms with E-state index in [1.807, 2.05) is 11.8 Å². The summed E-state index contributed by atoms with van der Waals surface area (Å²) in [6.07, 6.45) is 1.45. The van der Waals surface area contributed by atoms with Gasteiger partial charge in [-0.2, -0.15) is 0 Å². The first-order chi connectivity index (χ1) is 14.0. The highest BCUT2D eigenvalue weighted by atomic mass is 16.5. The van der Waals surface area contributed by atoms with Crippen LogP contribution in [0.1, 0.15) is 28.9 Å². The molecule has 2 heterocycles. The van der Waals surface area contributed by atoms with Gasteiger partial charge in [-0.1, -0.05) is 6.92 Å². The topological polar surface area (TPSA) is 107 Å². The molecule has 3 aromatic rings. The number of esters is 1. The summed E-state index contributed by atoms with van der Waals surface area (Å²) in [5.41, 5.74) is 0.615. The zero-order chi connectivity index (χ0) is 21.0. The zero-order valence-electron chi connectivity index (χ0n) is 16.8. The van der Waals surface area contributed by atoms with E-state index in [0.717, 1.165) is 0 Å². The van der Waals surface area contributed by atoms with Gasteiger partial charge in [0.1, 0.15) is 17.1 Å². The van der Waals surface area contributed by atoms with Crippen molar-refractivity contribution >= 4 is 16.9 Å². The highest BCUT2D eigenvalue weighted by Gasteiger charge is 2.18. The van der Waals surface area contributed by atoms with Gasteiger partial charge in [0.2, 0.25) is 0 Å². The monoisotopic (exact) mass is 401 g/mol. The molecule has 0 saturated carbocycles. The Morgan fingerprint density at radius 3 is 2.55 bits per heavy atom. The van der Waals surface area contributed by atoms with Crippen LogP contribution in [0.25, 0.3) is 10.9 Å². The molecule has 0 saturated heterocycles. The molecule has 2 aromatic heterocycles. The van der Waals surface area contributed by atoms with E-state index in [0.29, 0.717) is 59.2 Å². The summed E-state index contributed by atoms with van der Waals surface area (Å²) in [7, 11) is 4.36. The van der Waals surface area contributed by atoms with E-state index in [4.69, 9.17) is 18.6 Å². The van der Waals surface area contributed by atoms with Crippen LogP contribution in [0.3, 0.4) is 0 Å². The highest BCUT2D eigenvalue weighted by molar-refractivity contribution is 5.90. The molecule has 0 aliphatic rings. The molecule has 3 rings (SSSR count). The standard InChI is InChI=1S/C20H23N3O6/c1-5-23(10-17-12(6-7-29-17)20(25)28-4)11-18-21-14-9-16(27-3)15(26-2)8-13(14)19(24)22-18/h6-9H,5,10-11H2,1-4H3,(H,21,22,24). The third kappa shape index (κ3) is 4.24. The highest BCUT2D eigenvalue weighted by Crippen LogP contribution is 2.30. The summed E-state index contributed by atoms with van der Waals surface area (Å²) in [5, 5.41) is 0.411. The maximum Gasteiger partial charge on any atom is 0.341 e. The molecule has 29 heavy (non-hydrogen) atoms. The van der Waals surface area contributed by atoms with Crippen molar-refractivity contribution in [3.8, 4) is 11.5 Å². The molecule has 0 bridgehead atoms. The fraction of sp³-hybridized carbons (Fsp3) is 0.350. The summed E-state index contributed by atoms with van der Waals surface area (Å²) in [5.74, 6) is 1.48. The van der Waals surface area contributed by atoms with Crippen LogP contribution in [0.2, 0.25) is 0 Å². The van der Waals surface area contributed by atoms with Crippen molar-refractivity contribution < 1.29 is 23.4 Å². The number of ether oxygens (including phenoxy) is 3. The van der Waals surface area contributed by atoms with E-state index in [9.17, 15) is 9.59 Å². The van der Waals surface area contributed by atoms with Crippen molar-refractivity contribution in [1.82, 2.24) is 14.9 Å². The largest absolute Gasteiger partial charge is 0.493 e. The first-order valence-electron chi connectivity index (χ1n) is 9.02. The average Bonchev–Trinajstić information content (AvgIpc) is 3.19. The number of furan rings is 1. The Kier molecular flexibility index (Phi) is 6.18. The van der Waals surface area contributed by atoms with E-state index < -0.39 is 5.97 Å². The molecule has 0 fully saturated rings. The Balaban J connectivity index is 1.89. The van der Waals surface area contributed by atoms with Crippen molar-refractivity contribution in [2.45, 2.75) is 20.0 Å². The number of hydrogen-bond donors (Lipinski definition) is 1. The van der Waals surface area contributed by atoms with Gasteiger partial charge in [-0.3, -0.25) is 9.69 Å². The van der Waals surface area contributed by atoms with Gasteiger partial charge in [0.15, 0.2) is 11.5 Å². The van der Waals surface area contributed by atoms with Crippen molar-refractivity contribution in [1.29, 1.82) is 0 Å². The molecule has 0 aliphatic heterocycles. The third-order valence-corrected chi connectivity index (χ3v) is 4.60. The second-order valence-electron chi connectivity index (χ2n) is 6.29. The minimum Gasteiger partial charge on any atom is -0.493 e. The number of nitrogens with one attached hydrogen (secondary N) is 1. The number of rotatable bonds is 8. The summed E-state index contributed by atoms with van der Waals surface area (Å²) in [6, 6.07) is 4.85. The molecule has 0 spiro atoms. The van der Waals surface area contributed by atoms with E-state index in [2.05, 4.69) is 9.97 Å². The van der Waals surface area contributed by atoms with Gasteiger partial charge in [0.05, 0.1) is 51.6 Å². The average molecular weight is 401 g/mol. The first kappa shape index (κ1) is 20.4. The van der Waals surface area contributed by atoms with E-state index >= 15 is 0 Å². The second-order valence-corrected chi connectivity index (χ2v) is 6.29. The van der Waals surface area contributed by atoms with Crippen LogP contribution in [-0.4, -0.2) is 48.7 Å². The lowest BCUT2D eigenvalue weighted by molar-refractivity contribution is 0.0596. The molecule has 9 heteroatoms. The number of fused-ring (bicyclic) bond motifs is 1. The maximum absolute atomic E-state index is 12.5. The summed E-state index contributed by atoms with van der Waals surface area (Å²) in [4.78, 5) is 33.7. The molecule has 0 amide bonds. The van der Waals surface area contributed by atoms with Gasteiger partial charge in [0.25, 0.3) is 5.56 Å². The summed E-state index contributed by atoms with van der Waals surface area (Å²) in [6.45, 7) is 3.34. The lowest BCUT2D eigenvalue weighted by atomic mass is 10.2. The van der Waals surface area contributed by atoms with Crippen LogP contribution >= 0.6 is 0 Å². The van der Waals surface area contributed by atoms with Crippen LogP contribution in [0, 0.1) is 0 Å². The fourth-order valence-electron chi connectivity index (χ4n) is 3.04. The number of aromatic amines is 1. The Labute approximate surface area is 167 Å². The number of hydrogen-bond acceptors (Lipinski definition) is 8. The number of aromatic nitrogens is 2. The minimum absolute atomic E-state index is 0.268. The predicted molar refractivity (Wildman–Crippen MR) is 105 cm³/mol. The number of nitrogens with zero attached hydrogens (tertiary/aromatic N) is 2. The van der Waals surface area contributed by atoms with Crippen LogP contribution in [0.15, 0.2) is 33.7 Å². The van der Waals surface area contributed by atoms with Crippen LogP contribution < -0.4 is 15.0 Å². The molecule has 1 aromatic carbocycles. The Bertz CT molecular complexity index is 1070. The molecule has 154 valence electrons. The third-order valence-electron chi connectivity index (χ3n) is 4.60. The second kappa shape index (κ2) is 8.78. The molecular weight excluding hydrogens is 378 g/mol. The Morgan fingerprint density at radius 2 is 1.90 bits per heavy atom. The molecule has 0 aliphatic carbocycles. The molecule has 9 nitrogen and oxygen atoms in total. The summed E-state index contributed by atoms with van der Waals surface area (Å²) < 4.78 is 20.8.